The largest absolute Gasteiger partial charge is 0.309 e. The highest BCUT2D eigenvalue weighted by atomic mass is 28.3. The number of para-hydroxylation sites is 2. The first-order chi connectivity index (χ1) is 38.4. The van der Waals surface area contributed by atoms with Gasteiger partial charge in [-0.1, -0.05) is 236 Å². The minimum atomic E-state index is -3.64. The summed E-state index contributed by atoms with van der Waals surface area (Å²) in [6.45, 7) is 0. The maximum Gasteiger partial charge on any atom is 0.179 e. The lowest BCUT2D eigenvalue weighted by Gasteiger charge is -2.36. The molecule has 0 radical (unpaired) electrons. The molecule has 0 fully saturated rings. The predicted octanol–water partition coefficient (Wildman–Crippen LogP) is 14.3. The summed E-state index contributed by atoms with van der Waals surface area (Å²) in [6, 6.07) is 68.2. The van der Waals surface area contributed by atoms with Crippen molar-refractivity contribution in [1.82, 2.24) is 9.13 Å². The fourth-order valence-corrected chi connectivity index (χ4v) is 15.5. The average Bonchev–Trinajstić information content (AvgIpc) is 4.18. The SMILES string of the molecule is [2H]c1c([2H])c([2H])c(-c2cc([Si](c3ccccc3)(c3ccccc3)c3ccccc3)cc(-c3c([2H])c([2H])c([2H])c([2H])c3[2H])c2-n2c3ccc(-c4ccccc4)cc3c3cc(-n4c5ccccc5c5ccccc54)ccc32)c([2H])c1[2H]. The van der Waals surface area contributed by atoms with Gasteiger partial charge in [-0.2, -0.15) is 0 Å². The van der Waals surface area contributed by atoms with Crippen molar-refractivity contribution >= 4 is 72.4 Å². The van der Waals surface area contributed by atoms with Gasteiger partial charge in [0.05, 0.1) is 41.5 Å². The number of aromatic nitrogens is 2. The van der Waals surface area contributed by atoms with Crippen LogP contribution in [-0.4, -0.2) is 17.2 Å². The smallest absolute Gasteiger partial charge is 0.179 e. The van der Waals surface area contributed by atoms with Crippen LogP contribution in [0, 0.1) is 0 Å². The van der Waals surface area contributed by atoms with Crippen molar-refractivity contribution < 1.29 is 13.7 Å². The number of hydrogen-bond donors (Lipinski definition) is 0. The van der Waals surface area contributed by atoms with E-state index in [2.05, 4.69) is 95.6 Å². The monoisotopic (exact) mass is 904 g/mol. The summed E-state index contributed by atoms with van der Waals surface area (Å²) < 4.78 is 98.1. The molecule has 2 nitrogen and oxygen atoms in total. The molecule has 0 spiro atoms. The van der Waals surface area contributed by atoms with Crippen molar-refractivity contribution in [2.45, 2.75) is 0 Å². The Bertz CT molecular complexity index is 4300. The van der Waals surface area contributed by atoms with E-state index in [0.29, 0.717) is 16.2 Å². The zero-order valence-electron chi connectivity index (χ0n) is 47.2. The van der Waals surface area contributed by atoms with Gasteiger partial charge in [-0.15, -0.1) is 0 Å². The molecule has 2 aromatic heterocycles. The molecule has 11 aromatic carbocycles. The Kier molecular flexibility index (Phi) is 7.63. The average molecular weight is 905 g/mol. The summed E-state index contributed by atoms with van der Waals surface area (Å²) in [4.78, 5) is 0. The fourth-order valence-electron chi connectivity index (χ4n) is 10.7. The van der Waals surface area contributed by atoms with Crippen LogP contribution in [0.1, 0.15) is 13.7 Å². The third kappa shape index (κ3) is 6.62. The van der Waals surface area contributed by atoms with Crippen LogP contribution in [-0.2, 0) is 0 Å². The first-order valence-corrected chi connectivity index (χ1v) is 25.0. The van der Waals surface area contributed by atoms with E-state index in [9.17, 15) is 11.0 Å². The van der Waals surface area contributed by atoms with Gasteiger partial charge in [-0.05, 0) is 85.5 Å². The van der Waals surface area contributed by atoms with Gasteiger partial charge in [-0.3, -0.25) is 0 Å². The second-order valence-corrected chi connectivity index (χ2v) is 21.1. The van der Waals surface area contributed by atoms with Gasteiger partial charge >= 0.3 is 0 Å². The summed E-state index contributed by atoms with van der Waals surface area (Å²) in [7, 11) is -3.64. The molecule has 0 atom stereocenters. The molecule has 0 saturated carbocycles. The standard InChI is InChI=1S/C66H46N2Si/c1-7-23-47(24-8-1)50-39-41-64-60(43-50)61-44-51(67-62-37-21-19-35-56(62)57-36-20-22-38-63(57)67)40-42-65(61)68(64)66-58(48-25-9-2-10-26-48)45-55(46-59(66)49-27-11-3-12-28-49)69(52-29-13-4-14-30-52,53-31-15-5-16-32-53)54-33-17-6-18-34-54/h1-46H/i2D,3D,9D,10D,11D,12D,25D,26D,27D,28D. The van der Waals surface area contributed by atoms with Crippen LogP contribution in [0.5, 0.6) is 0 Å². The van der Waals surface area contributed by atoms with E-state index in [0.717, 1.165) is 65.0 Å². The van der Waals surface area contributed by atoms with E-state index in [1.807, 2.05) is 132 Å². The van der Waals surface area contributed by atoms with Crippen LogP contribution < -0.4 is 20.7 Å². The van der Waals surface area contributed by atoms with Crippen LogP contribution in [0.15, 0.2) is 279 Å². The van der Waals surface area contributed by atoms with Crippen LogP contribution in [0.3, 0.4) is 0 Å². The van der Waals surface area contributed by atoms with Gasteiger partial charge < -0.3 is 9.13 Å². The lowest BCUT2D eigenvalue weighted by molar-refractivity contribution is 1.17. The number of fused-ring (bicyclic) bond motifs is 6. The lowest BCUT2D eigenvalue weighted by Crippen LogP contribution is -2.74. The van der Waals surface area contributed by atoms with E-state index in [1.165, 1.54) is 0 Å². The van der Waals surface area contributed by atoms with Gasteiger partial charge in [0.2, 0.25) is 0 Å². The highest BCUT2D eigenvalue weighted by molar-refractivity contribution is 7.20. The van der Waals surface area contributed by atoms with Gasteiger partial charge in [0.15, 0.2) is 8.07 Å². The first-order valence-electron chi connectivity index (χ1n) is 28.0. The number of rotatable bonds is 9. The van der Waals surface area contributed by atoms with Gasteiger partial charge in [0.1, 0.15) is 0 Å². The maximum absolute atomic E-state index is 9.83. The van der Waals surface area contributed by atoms with Gasteiger partial charge in [0, 0.05) is 38.4 Å². The molecular formula is C66H46N2Si. The lowest BCUT2D eigenvalue weighted by atomic mass is 9.95. The van der Waals surface area contributed by atoms with Crippen LogP contribution in [0.2, 0.25) is 0 Å². The molecule has 0 N–H and O–H groups in total. The second kappa shape index (κ2) is 16.8. The Morgan fingerprint density at radius 3 is 1.22 bits per heavy atom. The zero-order valence-corrected chi connectivity index (χ0v) is 38.2. The Labute approximate surface area is 417 Å². The molecule has 3 heteroatoms. The molecule has 2 heterocycles. The Morgan fingerprint density at radius 1 is 0.290 bits per heavy atom. The minimum absolute atomic E-state index is 0.105. The maximum atomic E-state index is 9.83. The second-order valence-electron chi connectivity index (χ2n) is 17.3. The quantitative estimate of drug-likeness (QED) is 0.101. The van der Waals surface area contributed by atoms with Gasteiger partial charge in [-0.25, -0.2) is 0 Å². The molecule has 13 rings (SSSR count). The van der Waals surface area contributed by atoms with E-state index in [4.69, 9.17) is 2.74 Å². The Morgan fingerprint density at radius 2 is 0.710 bits per heavy atom. The van der Waals surface area contributed by atoms with E-state index >= 15 is 0 Å². The third-order valence-corrected chi connectivity index (χ3v) is 18.4. The first kappa shape index (κ1) is 31.3. The molecule has 0 amide bonds. The molecule has 0 aliphatic carbocycles. The molecule has 0 bridgehead atoms. The molecule has 13 aromatic rings. The summed E-state index contributed by atoms with van der Waals surface area (Å²) in [5.41, 5.74) is 6.66. The number of hydrogen-bond acceptors (Lipinski definition) is 0. The van der Waals surface area contributed by atoms with Gasteiger partial charge in [0.25, 0.3) is 0 Å². The Balaban J connectivity index is 1.27. The Hall–Kier alpha value is -8.76. The molecule has 0 aliphatic heterocycles. The minimum Gasteiger partial charge on any atom is -0.309 e. The molecule has 69 heavy (non-hydrogen) atoms. The molecule has 0 unspecified atom stereocenters. The molecular weight excluding hydrogens is 849 g/mol. The predicted molar refractivity (Wildman–Crippen MR) is 295 cm³/mol. The zero-order chi connectivity index (χ0) is 54.4. The summed E-state index contributed by atoms with van der Waals surface area (Å²) in [5, 5.41) is 7.40. The summed E-state index contributed by atoms with van der Waals surface area (Å²) >= 11 is 0. The topological polar surface area (TPSA) is 9.86 Å². The van der Waals surface area contributed by atoms with Crippen molar-refractivity contribution in [2.75, 3.05) is 0 Å². The summed E-state index contributed by atoms with van der Waals surface area (Å²) in [5.74, 6) is 0. The van der Waals surface area contributed by atoms with Crippen molar-refractivity contribution in [1.29, 1.82) is 0 Å². The summed E-state index contributed by atoms with van der Waals surface area (Å²) in [6.07, 6.45) is 0. The number of benzene rings is 11. The van der Waals surface area contributed by atoms with E-state index in [1.54, 1.807) is 0 Å². The van der Waals surface area contributed by atoms with E-state index < -0.39 is 68.5 Å². The van der Waals surface area contributed by atoms with E-state index in [-0.39, 0.29) is 27.9 Å². The van der Waals surface area contributed by atoms with Crippen LogP contribution in [0.4, 0.5) is 0 Å². The van der Waals surface area contributed by atoms with Crippen molar-refractivity contribution in [2.24, 2.45) is 0 Å². The van der Waals surface area contributed by atoms with Crippen LogP contribution in [0.25, 0.3) is 88.4 Å². The molecule has 0 aliphatic rings. The van der Waals surface area contributed by atoms with Crippen molar-refractivity contribution in [3.63, 3.8) is 0 Å². The fraction of sp³-hybridized carbons (Fsp3) is 0. The molecule has 0 saturated heterocycles. The third-order valence-electron chi connectivity index (χ3n) is 13.6. The highest BCUT2D eigenvalue weighted by Gasteiger charge is 2.42. The highest BCUT2D eigenvalue weighted by Crippen LogP contribution is 2.43. The van der Waals surface area contributed by atoms with Crippen molar-refractivity contribution in [3.8, 4) is 44.8 Å². The molecule has 324 valence electrons. The number of nitrogens with zero attached hydrogens (tertiary/aromatic N) is 2. The normalized spacial score (nSPS) is 13.8. The van der Waals surface area contributed by atoms with Crippen molar-refractivity contribution in [3.05, 3.63) is 279 Å². The van der Waals surface area contributed by atoms with Crippen LogP contribution >= 0.6 is 0 Å².